The fourth-order valence-corrected chi connectivity index (χ4v) is 3.51. The van der Waals surface area contributed by atoms with E-state index < -0.39 is 9.05 Å². The summed E-state index contributed by atoms with van der Waals surface area (Å²) in [5.41, 5.74) is 0.977. The molecular formula is C14H20ClNO4S. The lowest BCUT2D eigenvalue weighted by Gasteiger charge is -2.12. The molecule has 1 amide bonds. The Morgan fingerprint density at radius 1 is 1.29 bits per heavy atom. The summed E-state index contributed by atoms with van der Waals surface area (Å²) in [5, 5.41) is 2.74. The Morgan fingerprint density at radius 3 is 2.24 bits per heavy atom. The van der Waals surface area contributed by atoms with E-state index in [1.807, 2.05) is 13.8 Å². The predicted molar refractivity (Wildman–Crippen MR) is 82.3 cm³/mol. The van der Waals surface area contributed by atoms with Crippen molar-refractivity contribution in [2.75, 3.05) is 13.2 Å². The predicted octanol–water partition coefficient (Wildman–Crippen LogP) is 2.38. The molecule has 0 aliphatic rings. The van der Waals surface area contributed by atoms with E-state index in [2.05, 4.69) is 5.32 Å². The highest BCUT2D eigenvalue weighted by molar-refractivity contribution is 8.13. The van der Waals surface area contributed by atoms with Crippen molar-refractivity contribution < 1.29 is 17.9 Å². The van der Waals surface area contributed by atoms with Crippen molar-refractivity contribution in [2.45, 2.75) is 32.6 Å². The number of carbonyl (C=O) groups is 1. The van der Waals surface area contributed by atoms with E-state index >= 15 is 0 Å². The molecule has 0 atom stereocenters. The zero-order valence-corrected chi connectivity index (χ0v) is 14.1. The summed E-state index contributed by atoms with van der Waals surface area (Å²) in [6.45, 7) is 7.74. The van der Waals surface area contributed by atoms with Gasteiger partial charge in [-0.05, 0) is 43.0 Å². The van der Waals surface area contributed by atoms with Gasteiger partial charge in [0.25, 0.3) is 15.0 Å². The summed E-state index contributed by atoms with van der Waals surface area (Å²) in [6, 6.07) is 3.11. The molecule has 0 heterocycles. The van der Waals surface area contributed by atoms with Crippen LogP contribution in [0, 0.1) is 19.8 Å². The minimum Gasteiger partial charge on any atom is -0.484 e. The van der Waals surface area contributed by atoms with Crippen LogP contribution in [0.15, 0.2) is 17.0 Å². The van der Waals surface area contributed by atoms with E-state index in [-0.39, 0.29) is 17.4 Å². The second-order valence-electron chi connectivity index (χ2n) is 5.31. The first kappa shape index (κ1) is 17.8. The third-order valence-corrected chi connectivity index (χ3v) is 4.35. The third kappa shape index (κ3) is 5.55. The fraction of sp³-hybridized carbons (Fsp3) is 0.500. The van der Waals surface area contributed by atoms with Gasteiger partial charge in [-0.2, -0.15) is 0 Å². The number of hydrogen-bond donors (Lipinski definition) is 1. The van der Waals surface area contributed by atoms with Gasteiger partial charge in [-0.3, -0.25) is 4.79 Å². The molecule has 0 fully saturated rings. The summed E-state index contributed by atoms with van der Waals surface area (Å²) in [5.74, 6) is 0.591. The van der Waals surface area contributed by atoms with Gasteiger partial charge in [-0.1, -0.05) is 13.8 Å². The molecule has 1 N–H and O–H groups in total. The van der Waals surface area contributed by atoms with Gasteiger partial charge in [0.05, 0.1) is 4.90 Å². The maximum atomic E-state index is 11.6. The number of hydrogen-bond acceptors (Lipinski definition) is 4. The van der Waals surface area contributed by atoms with E-state index in [1.165, 1.54) is 0 Å². The van der Waals surface area contributed by atoms with Crippen molar-refractivity contribution in [3.63, 3.8) is 0 Å². The van der Waals surface area contributed by atoms with Crippen LogP contribution in [0.25, 0.3) is 0 Å². The number of amides is 1. The van der Waals surface area contributed by atoms with Crippen LogP contribution in [0.3, 0.4) is 0 Å². The largest absolute Gasteiger partial charge is 0.484 e. The Kier molecular flexibility index (Phi) is 6.04. The van der Waals surface area contributed by atoms with Gasteiger partial charge in [0.15, 0.2) is 6.61 Å². The highest BCUT2D eigenvalue weighted by Gasteiger charge is 2.18. The maximum absolute atomic E-state index is 11.6. The van der Waals surface area contributed by atoms with Crippen LogP contribution in [-0.4, -0.2) is 27.5 Å². The van der Waals surface area contributed by atoms with Gasteiger partial charge in [0.2, 0.25) is 0 Å². The van der Waals surface area contributed by atoms with Gasteiger partial charge >= 0.3 is 0 Å². The van der Waals surface area contributed by atoms with Crippen LogP contribution >= 0.6 is 10.7 Å². The highest BCUT2D eigenvalue weighted by atomic mass is 35.7. The Morgan fingerprint density at radius 2 is 1.81 bits per heavy atom. The normalized spacial score (nSPS) is 11.5. The first-order valence-corrected chi connectivity index (χ1v) is 8.87. The molecule has 0 bridgehead atoms. The van der Waals surface area contributed by atoms with Crippen molar-refractivity contribution in [1.29, 1.82) is 0 Å². The van der Waals surface area contributed by atoms with Crippen molar-refractivity contribution in [3.05, 3.63) is 23.3 Å². The van der Waals surface area contributed by atoms with E-state index in [0.29, 0.717) is 29.3 Å². The van der Waals surface area contributed by atoms with Crippen molar-refractivity contribution in [2.24, 2.45) is 5.92 Å². The van der Waals surface area contributed by atoms with Gasteiger partial charge in [-0.25, -0.2) is 8.42 Å². The second-order valence-corrected chi connectivity index (χ2v) is 7.81. The smallest absolute Gasteiger partial charge is 0.261 e. The topological polar surface area (TPSA) is 72.5 Å². The van der Waals surface area contributed by atoms with Crippen molar-refractivity contribution in [1.82, 2.24) is 5.32 Å². The lowest BCUT2D eigenvalue weighted by molar-refractivity contribution is -0.123. The zero-order valence-electron chi connectivity index (χ0n) is 12.6. The molecule has 0 saturated heterocycles. The van der Waals surface area contributed by atoms with E-state index in [4.69, 9.17) is 15.4 Å². The van der Waals surface area contributed by atoms with E-state index in [0.717, 1.165) is 0 Å². The molecule has 0 saturated carbocycles. The quantitative estimate of drug-likeness (QED) is 0.811. The van der Waals surface area contributed by atoms with Crippen LogP contribution in [0.5, 0.6) is 5.75 Å². The molecule has 0 aromatic heterocycles. The number of rotatable bonds is 6. The van der Waals surface area contributed by atoms with Gasteiger partial charge in [-0.15, -0.1) is 0 Å². The van der Waals surface area contributed by atoms with E-state index in [9.17, 15) is 13.2 Å². The molecule has 0 aliphatic heterocycles. The first-order valence-electron chi connectivity index (χ1n) is 6.56. The summed E-state index contributed by atoms with van der Waals surface area (Å²) in [4.78, 5) is 11.6. The summed E-state index contributed by atoms with van der Waals surface area (Å²) in [6.07, 6.45) is 0. The molecule has 0 aliphatic carbocycles. The number of carbonyl (C=O) groups excluding carboxylic acids is 1. The molecule has 0 unspecified atom stereocenters. The van der Waals surface area contributed by atoms with Gasteiger partial charge in [0, 0.05) is 17.2 Å². The molecule has 0 radical (unpaired) electrons. The molecule has 0 spiro atoms. The van der Waals surface area contributed by atoms with Crippen LogP contribution in [0.1, 0.15) is 25.0 Å². The van der Waals surface area contributed by atoms with Gasteiger partial charge < -0.3 is 10.1 Å². The van der Waals surface area contributed by atoms with Crippen molar-refractivity contribution in [3.8, 4) is 5.75 Å². The SMILES string of the molecule is Cc1cc(OCC(=O)NCC(C)C)cc(C)c1S(=O)(=O)Cl. The monoisotopic (exact) mass is 333 g/mol. The number of halogens is 1. The lowest BCUT2D eigenvalue weighted by Crippen LogP contribution is -2.31. The molecule has 118 valence electrons. The second kappa shape index (κ2) is 7.13. The van der Waals surface area contributed by atoms with Crippen LogP contribution in [0.2, 0.25) is 0 Å². The minimum absolute atomic E-state index is 0.0841. The average molecular weight is 334 g/mol. The molecule has 1 aromatic carbocycles. The summed E-state index contributed by atoms with van der Waals surface area (Å²) < 4.78 is 28.3. The Hall–Kier alpha value is -1.27. The van der Waals surface area contributed by atoms with E-state index in [1.54, 1.807) is 26.0 Å². The third-order valence-electron chi connectivity index (χ3n) is 2.76. The zero-order chi connectivity index (χ0) is 16.2. The lowest BCUT2D eigenvalue weighted by atomic mass is 10.1. The number of nitrogens with one attached hydrogen (secondary N) is 1. The van der Waals surface area contributed by atoms with Crippen molar-refractivity contribution >= 4 is 25.6 Å². The number of aryl methyl sites for hydroxylation is 2. The van der Waals surface area contributed by atoms with Crippen LogP contribution in [-0.2, 0) is 13.8 Å². The Bertz CT molecular complexity index is 603. The Labute approximate surface area is 130 Å². The Balaban J connectivity index is 2.77. The first-order chi connectivity index (χ1) is 9.61. The average Bonchev–Trinajstić information content (AvgIpc) is 2.31. The fourth-order valence-electron chi connectivity index (χ4n) is 1.90. The molecule has 7 heteroatoms. The number of benzene rings is 1. The number of ether oxygens (including phenoxy) is 1. The summed E-state index contributed by atoms with van der Waals surface area (Å²) >= 11 is 0. The molecule has 5 nitrogen and oxygen atoms in total. The molecule has 1 rings (SSSR count). The van der Waals surface area contributed by atoms with Crippen LogP contribution < -0.4 is 10.1 Å². The van der Waals surface area contributed by atoms with Crippen LogP contribution in [0.4, 0.5) is 0 Å². The van der Waals surface area contributed by atoms with Gasteiger partial charge in [0.1, 0.15) is 5.75 Å². The molecule has 21 heavy (non-hydrogen) atoms. The summed E-state index contributed by atoms with van der Waals surface area (Å²) in [7, 11) is 1.59. The minimum atomic E-state index is -3.79. The molecule has 1 aromatic rings. The highest BCUT2D eigenvalue weighted by Crippen LogP contribution is 2.28. The molecular weight excluding hydrogens is 314 g/mol. The standard InChI is InChI=1S/C14H20ClNO4S/c1-9(2)7-16-13(17)8-20-12-5-10(3)14(11(4)6-12)21(15,18)19/h5-6,9H,7-8H2,1-4H3,(H,16,17). The maximum Gasteiger partial charge on any atom is 0.261 e.